The smallest absolute Gasteiger partial charge is 0.358 e. The van der Waals surface area contributed by atoms with Crippen molar-refractivity contribution in [2.45, 2.75) is 12.8 Å². The maximum atomic E-state index is 11.3. The van der Waals surface area contributed by atoms with E-state index in [1.54, 1.807) is 6.20 Å². The van der Waals surface area contributed by atoms with Gasteiger partial charge in [0.1, 0.15) is 5.82 Å². The fraction of sp³-hybridized carbons (Fsp3) is 0.583. The summed E-state index contributed by atoms with van der Waals surface area (Å²) < 4.78 is 10.00. The molecule has 2 rings (SSSR count). The van der Waals surface area contributed by atoms with Crippen LogP contribution in [0.1, 0.15) is 23.3 Å². The second-order valence-electron chi connectivity index (χ2n) is 4.25. The first-order chi connectivity index (χ1) is 8.79. The minimum absolute atomic E-state index is 0.211. The standard InChI is InChI=1S/C12H17N3O3/c1-17-12(16)10-6-13-7-11(15-10)14-5-9-3-2-4-18-8-9/h6-7,9H,2-5,8H2,1H3,(H,14,15). The van der Waals surface area contributed by atoms with Crippen molar-refractivity contribution in [3.8, 4) is 0 Å². The van der Waals surface area contributed by atoms with Crippen LogP contribution in [0, 0.1) is 5.92 Å². The molecule has 1 saturated heterocycles. The van der Waals surface area contributed by atoms with Crippen molar-refractivity contribution in [2.24, 2.45) is 5.92 Å². The van der Waals surface area contributed by atoms with Gasteiger partial charge in [-0.3, -0.25) is 4.98 Å². The van der Waals surface area contributed by atoms with Gasteiger partial charge in [0.15, 0.2) is 5.69 Å². The van der Waals surface area contributed by atoms with Crippen LogP contribution in [-0.2, 0) is 9.47 Å². The van der Waals surface area contributed by atoms with Gasteiger partial charge in [-0.15, -0.1) is 0 Å². The molecule has 18 heavy (non-hydrogen) atoms. The van der Waals surface area contributed by atoms with Crippen LogP contribution >= 0.6 is 0 Å². The molecule has 6 heteroatoms. The molecular formula is C12H17N3O3. The Morgan fingerprint density at radius 1 is 1.61 bits per heavy atom. The first-order valence-electron chi connectivity index (χ1n) is 6.01. The van der Waals surface area contributed by atoms with E-state index in [1.807, 2.05) is 0 Å². The zero-order valence-electron chi connectivity index (χ0n) is 10.4. The minimum Gasteiger partial charge on any atom is -0.464 e. The molecule has 1 aliphatic rings. The molecule has 0 aliphatic carbocycles. The molecule has 0 aromatic carbocycles. The SMILES string of the molecule is COC(=O)c1cncc(NCC2CCCOC2)n1. The average Bonchev–Trinajstić information content (AvgIpc) is 2.45. The topological polar surface area (TPSA) is 73.3 Å². The number of rotatable bonds is 4. The highest BCUT2D eigenvalue weighted by molar-refractivity contribution is 5.87. The Morgan fingerprint density at radius 3 is 3.22 bits per heavy atom. The van der Waals surface area contributed by atoms with Crippen LogP contribution in [0.3, 0.4) is 0 Å². The lowest BCUT2D eigenvalue weighted by Crippen LogP contribution is -2.24. The first-order valence-corrected chi connectivity index (χ1v) is 6.01. The number of aromatic nitrogens is 2. The lowest BCUT2D eigenvalue weighted by molar-refractivity contribution is 0.0588. The van der Waals surface area contributed by atoms with Gasteiger partial charge >= 0.3 is 5.97 Å². The Morgan fingerprint density at radius 2 is 2.50 bits per heavy atom. The van der Waals surface area contributed by atoms with Crippen molar-refractivity contribution in [3.05, 3.63) is 18.1 Å². The van der Waals surface area contributed by atoms with E-state index in [2.05, 4.69) is 20.0 Å². The average molecular weight is 251 g/mol. The summed E-state index contributed by atoms with van der Waals surface area (Å²) in [5.41, 5.74) is 0.211. The van der Waals surface area contributed by atoms with E-state index in [-0.39, 0.29) is 5.69 Å². The number of nitrogens with zero attached hydrogens (tertiary/aromatic N) is 2. The van der Waals surface area contributed by atoms with Crippen molar-refractivity contribution < 1.29 is 14.3 Å². The number of carbonyl (C=O) groups excluding carboxylic acids is 1. The molecule has 98 valence electrons. The van der Waals surface area contributed by atoms with Crippen LogP contribution in [0.5, 0.6) is 0 Å². The van der Waals surface area contributed by atoms with E-state index in [9.17, 15) is 4.79 Å². The van der Waals surface area contributed by atoms with Gasteiger partial charge in [0.2, 0.25) is 0 Å². The van der Waals surface area contributed by atoms with Gasteiger partial charge in [0.05, 0.1) is 26.1 Å². The van der Waals surface area contributed by atoms with Gasteiger partial charge < -0.3 is 14.8 Å². The predicted octanol–water partition coefficient (Wildman–Crippen LogP) is 1.10. The Bertz CT molecular complexity index is 405. The Balaban J connectivity index is 1.90. The molecule has 1 unspecified atom stereocenters. The van der Waals surface area contributed by atoms with Gasteiger partial charge in [-0.05, 0) is 18.8 Å². The van der Waals surface area contributed by atoms with E-state index in [0.717, 1.165) is 32.6 Å². The number of hydrogen-bond donors (Lipinski definition) is 1. The van der Waals surface area contributed by atoms with Crippen molar-refractivity contribution in [2.75, 3.05) is 32.2 Å². The summed E-state index contributed by atoms with van der Waals surface area (Å²) in [6.45, 7) is 2.41. The van der Waals surface area contributed by atoms with Crippen LogP contribution in [0.15, 0.2) is 12.4 Å². The molecule has 0 saturated carbocycles. The summed E-state index contributed by atoms with van der Waals surface area (Å²) in [6, 6.07) is 0. The summed E-state index contributed by atoms with van der Waals surface area (Å²) in [6.07, 6.45) is 5.23. The summed E-state index contributed by atoms with van der Waals surface area (Å²) >= 11 is 0. The lowest BCUT2D eigenvalue weighted by atomic mass is 10.0. The van der Waals surface area contributed by atoms with Gasteiger partial charge in [-0.25, -0.2) is 9.78 Å². The molecule has 0 bridgehead atoms. The van der Waals surface area contributed by atoms with E-state index >= 15 is 0 Å². The molecular weight excluding hydrogens is 234 g/mol. The zero-order valence-corrected chi connectivity index (χ0v) is 10.4. The first kappa shape index (κ1) is 12.8. The second-order valence-corrected chi connectivity index (χ2v) is 4.25. The van der Waals surface area contributed by atoms with Crippen molar-refractivity contribution >= 4 is 11.8 Å². The number of ether oxygens (including phenoxy) is 2. The van der Waals surface area contributed by atoms with Crippen LogP contribution in [-0.4, -0.2) is 42.8 Å². The molecule has 0 radical (unpaired) electrons. The summed E-state index contributed by atoms with van der Waals surface area (Å²) in [5.74, 6) is 0.595. The second kappa shape index (κ2) is 6.30. The monoisotopic (exact) mass is 251 g/mol. The highest BCUT2D eigenvalue weighted by atomic mass is 16.5. The number of hydrogen-bond acceptors (Lipinski definition) is 6. The zero-order chi connectivity index (χ0) is 12.8. The Hall–Kier alpha value is -1.69. The van der Waals surface area contributed by atoms with Crippen LogP contribution in [0.4, 0.5) is 5.82 Å². The Labute approximate surface area is 106 Å². The molecule has 0 spiro atoms. The van der Waals surface area contributed by atoms with Gasteiger partial charge in [-0.1, -0.05) is 0 Å². The molecule has 1 aromatic rings. The van der Waals surface area contributed by atoms with Crippen LogP contribution < -0.4 is 5.32 Å². The van der Waals surface area contributed by atoms with Crippen LogP contribution in [0.25, 0.3) is 0 Å². The van der Waals surface area contributed by atoms with E-state index in [4.69, 9.17) is 4.74 Å². The number of carbonyl (C=O) groups is 1. The van der Waals surface area contributed by atoms with Gasteiger partial charge in [0, 0.05) is 13.2 Å². The molecule has 1 aliphatic heterocycles. The van der Waals surface area contributed by atoms with Crippen LogP contribution in [0.2, 0.25) is 0 Å². The highest BCUT2D eigenvalue weighted by Gasteiger charge is 2.14. The van der Waals surface area contributed by atoms with E-state index < -0.39 is 5.97 Å². The maximum Gasteiger partial charge on any atom is 0.358 e. The molecule has 6 nitrogen and oxygen atoms in total. The lowest BCUT2D eigenvalue weighted by Gasteiger charge is -2.22. The third-order valence-electron chi connectivity index (χ3n) is 2.86. The number of methoxy groups -OCH3 is 1. The fourth-order valence-electron chi connectivity index (χ4n) is 1.87. The number of nitrogens with one attached hydrogen (secondary N) is 1. The normalized spacial score (nSPS) is 19.3. The predicted molar refractivity (Wildman–Crippen MR) is 65.4 cm³/mol. The van der Waals surface area contributed by atoms with E-state index in [0.29, 0.717) is 11.7 Å². The third-order valence-corrected chi connectivity index (χ3v) is 2.86. The van der Waals surface area contributed by atoms with Gasteiger partial charge in [0.25, 0.3) is 0 Å². The molecule has 0 amide bonds. The molecule has 1 fully saturated rings. The van der Waals surface area contributed by atoms with Crippen molar-refractivity contribution in [1.82, 2.24) is 9.97 Å². The molecule has 2 heterocycles. The minimum atomic E-state index is -0.479. The summed E-state index contributed by atoms with van der Waals surface area (Å²) in [7, 11) is 1.32. The highest BCUT2D eigenvalue weighted by Crippen LogP contribution is 2.14. The summed E-state index contributed by atoms with van der Waals surface area (Å²) in [4.78, 5) is 19.4. The number of anilines is 1. The number of esters is 1. The third kappa shape index (κ3) is 3.40. The molecule has 1 aromatic heterocycles. The fourth-order valence-corrected chi connectivity index (χ4v) is 1.87. The van der Waals surface area contributed by atoms with Gasteiger partial charge in [-0.2, -0.15) is 0 Å². The maximum absolute atomic E-state index is 11.3. The summed E-state index contributed by atoms with van der Waals surface area (Å²) in [5, 5.41) is 3.17. The molecule has 1 atom stereocenters. The largest absolute Gasteiger partial charge is 0.464 e. The van der Waals surface area contributed by atoms with Crippen molar-refractivity contribution in [1.29, 1.82) is 0 Å². The Kier molecular flexibility index (Phi) is 4.46. The molecule has 1 N–H and O–H groups in total. The quantitative estimate of drug-likeness (QED) is 0.808. The van der Waals surface area contributed by atoms with E-state index in [1.165, 1.54) is 13.3 Å². The van der Waals surface area contributed by atoms with Crippen molar-refractivity contribution in [3.63, 3.8) is 0 Å².